The third kappa shape index (κ3) is 5.81. The van der Waals surface area contributed by atoms with E-state index in [1.54, 1.807) is 14.2 Å². The first-order valence-electron chi connectivity index (χ1n) is 9.11. The summed E-state index contributed by atoms with van der Waals surface area (Å²) in [6, 6.07) is 6.02. The minimum absolute atomic E-state index is 0.0721. The Morgan fingerprint density at radius 3 is 1.80 bits per heavy atom. The van der Waals surface area contributed by atoms with Crippen LogP contribution in [0.5, 0.6) is 11.5 Å². The molecule has 2 aromatic carbocycles. The fraction of sp³-hybridized carbons (Fsp3) is 0.429. The number of alkyl halides is 6. The highest BCUT2D eigenvalue weighted by atomic mass is 19.4. The molecule has 0 radical (unpaired) electrons. The van der Waals surface area contributed by atoms with Crippen LogP contribution in [-0.2, 0) is 18.8 Å². The van der Waals surface area contributed by atoms with Crippen LogP contribution >= 0.6 is 0 Å². The molecule has 0 bridgehead atoms. The number of aryl methyl sites for hydroxylation is 1. The van der Waals surface area contributed by atoms with E-state index in [1.807, 2.05) is 0 Å². The average molecular weight is 435 g/mol. The summed E-state index contributed by atoms with van der Waals surface area (Å²) in [6.45, 7) is 4.39. The van der Waals surface area contributed by atoms with Crippen LogP contribution in [0.3, 0.4) is 0 Å². The van der Waals surface area contributed by atoms with Crippen molar-refractivity contribution in [1.29, 1.82) is 0 Å². The zero-order valence-corrected chi connectivity index (χ0v) is 17.0. The average Bonchev–Trinajstić information content (AvgIpc) is 2.66. The summed E-state index contributed by atoms with van der Waals surface area (Å²) in [7, 11) is 3.35. The van der Waals surface area contributed by atoms with Gasteiger partial charge in [-0.15, -0.1) is 0 Å². The van der Waals surface area contributed by atoms with Crippen LogP contribution < -0.4 is 14.8 Å². The largest absolute Gasteiger partial charge is 0.493 e. The highest BCUT2D eigenvalue weighted by molar-refractivity contribution is 5.49. The van der Waals surface area contributed by atoms with Gasteiger partial charge in [0.25, 0.3) is 0 Å². The molecule has 1 aliphatic heterocycles. The highest BCUT2D eigenvalue weighted by Gasteiger charge is 2.36. The van der Waals surface area contributed by atoms with Crippen LogP contribution in [0.15, 0.2) is 30.3 Å². The molecule has 166 valence electrons. The number of halogens is 6. The van der Waals surface area contributed by atoms with Gasteiger partial charge in [0.15, 0.2) is 11.5 Å². The number of rotatable bonds is 2. The van der Waals surface area contributed by atoms with Gasteiger partial charge in [0.2, 0.25) is 0 Å². The first-order valence-corrected chi connectivity index (χ1v) is 9.11. The lowest BCUT2D eigenvalue weighted by molar-refractivity contribution is -0.143. The van der Waals surface area contributed by atoms with Gasteiger partial charge in [-0.1, -0.05) is 0 Å². The predicted molar refractivity (Wildman–Crippen MR) is 101 cm³/mol. The van der Waals surface area contributed by atoms with Crippen LogP contribution in [0.25, 0.3) is 0 Å². The summed E-state index contributed by atoms with van der Waals surface area (Å²) in [6.07, 6.45) is -8.46. The number of hydrogen-bond acceptors (Lipinski definition) is 3. The molecule has 0 aromatic heterocycles. The molecule has 3 rings (SSSR count). The topological polar surface area (TPSA) is 30.5 Å². The van der Waals surface area contributed by atoms with Crippen molar-refractivity contribution in [3.05, 3.63) is 58.1 Å². The van der Waals surface area contributed by atoms with Gasteiger partial charge in [0.05, 0.1) is 25.3 Å². The molecular weight excluding hydrogens is 412 g/mol. The van der Waals surface area contributed by atoms with E-state index in [-0.39, 0.29) is 11.6 Å². The SMILES string of the molecule is COc1cc2c(cc1OC)C(C)NCC2.Cc1cc(C(F)(F)F)cc(C(F)(F)F)c1. The summed E-state index contributed by atoms with van der Waals surface area (Å²) >= 11 is 0. The maximum atomic E-state index is 12.2. The Morgan fingerprint density at radius 1 is 0.833 bits per heavy atom. The summed E-state index contributed by atoms with van der Waals surface area (Å²) < 4.78 is 83.6. The van der Waals surface area contributed by atoms with Crippen molar-refractivity contribution in [1.82, 2.24) is 5.32 Å². The predicted octanol–water partition coefficient (Wildman–Crippen LogP) is 5.94. The Hall–Kier alpha value is -2.42. The lowest BCUT2D eigenvalue weighted by Crippen LogP contribution is -2.27. The van der Waals surface area contributed by atoms with Crippen molar-refractivity contribution in [2.75, 3.05) is 20.8 Å². The fourth-order valence-electron chi connectivity index (χ4n) is 3.20. The van der Waals surface area contributed by atoms with E-state index in [4.69, 9.17) is 9.47 Å². The molecule has 0 saturated carbocycles. The standard InChI is InChI=1S/C12H17NO2.C9H6F6/c1-8-10-7-12(15-3)11(14-2)6-9(10)4-5-13-8;1-5-2-6(8(10,11)12)4-7(3-5)9(13,14)15/h6-8,13H,4-5H2,1-3H3;2-4H,1H3. The Kier molecular flexibility index (Phi) is 7.28. The fourth-order valence-corrected chi connectivity index (χ4v) is 3.20. The van der Waals surface area contributed by atoms with Crippen LogP contribution in [-0.4, -0.2) is 20.8 Å². The second kappa shape index (κ2) is 9.16. The van der Waals surface area contributed by atoms with E-state index in [1.165, 1.54) is 18.1 Å². The zero-order chi connectivity index (χ0) is 22.7. The number of nitrogens with one attached hydrogen (secondary N) is 1. The van der Waals surface area contributed by atoms with Gasteiger partial charge in [0.1, 0.15) is 0 Å². The molecule has 9 heteroatoms. The van der Waals surface area contributed by atoms with Crippen molar-refractivity contribution >= 4 is 0 Å². The molecule has 0 fully saturated rings. The third-order valence-corrected chi connectivity index (χ3v) is 4.69. The molecule has 3 nitrogen and oxygen atoms in total. The number of methoxy groups -OCH3 is 2. The lowest BCUT2D eigenvalue weighted by Gasteiger charge is -2.25. The first kappa shape index (κ1) is 23.9. The van der Waals surface area contributed by atoms with Gasteiger partial charge >= 0.3 is 12.4 Å². The third-order valence-electron chi connectivity index (χ3n) is 4.69. The van der Waals surface area contributed by atoms with Crippen molar-refractivity contribution < 1.29 is 35.8 Å². The zero-order valence-electron chi connectivity index (χ0n) is 17.0. The number of hydrogen-bond donors (Lipinski definition) is 1. The van der Waals surface area contributed by atoms with Crippen LogP contribution in [0, 0.1) is 6.92 Å². The van der Waals surface area contributed by atoms with E-state index >= 15 is 0 Å². The first-order chi connectivity index (χ1) is 13.9. The molecular formula is C21H23F6NO2. The second-order valence-corrected chi connectivity index (χ2v) is 6.92. The molecule has 1 heterocycles. The monoisotopic (exact) mass is 435 g/mol. The maximum absolute atomic E-state index is 12.2. The van der Waals surface area contributed by atoms with Gasteiger partial charge in [-0.2, -0.15) is 26.3 Å². The molecule has 0 saturated heterocycles. The summed E-state index contributed by atoms with van der Waals surface area (Å²) in [5.41, 5.74) is 0.0413. The Bertz CT molecular complexity index is 845. The minimum Gasteiger partial charge on any atom is -0.493 e. The molecule has 0 spiro atoms. The molecule has 30 heavy (non-hydrogen) atoms. The van der Waals surface area contributed by atoms with Crippen molar-refractivity contribution in [3.63, 3.8) is 0 Å². The number of benzene rings is 2. The minimum atomic E-state index is -4.76. The van der Waals surface area contributed by atoms with Crippen LogP contribution in [0.1, 0.15) is 40.8 Å². The van der Waals surface area contributed by atoms with Gasteiger partial charge in [-0.3, -0.25) is 0 Å². The van der Waals surface area contributed by atoms with Gasteiger partial charge in [-0.05, 0) is 73.8 Å². The number of ether oxygens (including phenoxy) is 2. The van der Waals surface area contributed by atoms with Crippen LogP contribution in [0.4, 0.5) is 26.3 Å². The molecule has 2 aromatic rings. The number of fused-ring (bicyclic) bond motifs is 1. The highest BCUT2D eigenvalue weighted by Crippen LogP contribution is 2.36. The Labute approximate surface area is 171 Å². The van der Waals surface area contributed by atoms with E-state index in [2.05, 4.69) is 24.4 Å². The molecule has 1 N–H and O–H groups in total. The quantitative estimate of drug-likeness (QED) is 0.592. The van der Waals surface area contributed by atoms with E-state index < -0.39 is 23.5 Å². The second-order valence-electron chi connectivity index (χ2n) is 6.92. The van der Waals surface area contributed by atoms with E-state index in [0.29, 0.717) is 18.2 Å². The van der Waals surface area contributed by atoms with Crippen molar-refractivity contribution in [3.8, 4) is 11.5 Å². The van der Waals surface area contributed by atoms with E-state index in [9.17, 15) is 26.3 Å². The molecule has 0 amide bonds. The summed E-state index contributed by atoms with van der Waals surface area (Å²) in [5.74, 6) is 1.64. The molecule has 1 aliphatic rings. The summed E-state index contributed by atoms with van der Waals surface area (Å²) in [5, 5.41) is 3.43. The maximum Gasteiger partial charge on any atom is 0.416 e. The molecule has 1 atom stereocenters. The van der Waals surface area contributed by atoms with Crippen molar-refractivity contribution in [2.45, 2.75) is 38.7 Å². The van der Waals surface area contributed by atoms with Crippen LogP contribution in [0.2, 0.25) is 0 Å². The smallest absolute Gasteiger partial charge is 0.416 e. The van der Waals surface area contributed by atoms with E-state index in [0.717, 1.165) is 24.5 Å². The van der Waals surface area contributed by atoms with Gasteiger partial charge < -0.3 is 14.8 Å². The lowest BCUT2D eigenvalue weighted by atomic mass is 9.94. The normalized spacial score (nSPS) is 16.3. The van der Waals surface area contributed by atoms with Crippen molar-refractivity contribution in [2.24, 2.45) is 0 Å². The summed E-state index contributed by atoms with van der Waals surface area (Å²) in [4.78, 5) is 0. The Morgan fingerprint density at radius 2 is 1.33 bits per heavy atom. The molecule has 1 unspecified atom stereocenters. The Balaban J connectivity index is 0.000000214. The van der Waals surface area contributed by atoms with Gasteiger partial charge in [0, 0.05) is 6.04 Å². The van der Waals surface area contributed by atoms with Gasteiger partial charge in [-0.25, -0.2) is 0 Å². The molecule has 0 aliphatic carbocycles.